The maximum absolute atomic E-state index is 13.5. The molecule has 8 nitrogen and oxygen atoms in total. The molecule has 0 spiro atoms. The summed E-state index contributed by atoms with van der Waals surface area (Å²) in [6.45, 7) is 12.1. The van der Waals surface area contributed by atoms with Crippen LogP contribution in [0, 0.1) is 5.92 Å². The lowest BCUT2D eigenvalue weighted by Crippen LogP contribution is -2.55. The Balaban J connectivity index is 1.80. The van der Waals surface area contributed by atoms with Crippen molar-refractivity contribution >= 4 is 18.9 Å². The number of nitrogens with one attached hydrogen (secondary N) is 2. The van der Waals surface area contributed by atoms with E-state index >= 15 is 0 Å². The van der Waals surface area contributed by atoms with Gasteiger partial charge in [0.1, 0.15) is 11.7 Å². The predicted molar refractivity (Wildman–Crippen MR) is 131 cm³/mol. The van der Waals surface area contributed by atoms with Gasteiger partial charge in [-0.05, 0) is 45.6 Å². The van der Waals surface area contributed by atoms with Crippen LogP contribution in [-0.4, -0.2) is 52.1 Å². The number of rotatable bonds is 9. The minimum atomic E-state index is -0.811. The summed E-state index contributed by atoms with van der Waals surface area (Å²) in [6, 6.07) is 8.76. The number of carbonyl (C=O) groups excluding carboxylic acids is 2. The summed E-state index contributed by atoms with van der Waals surface area (Å²) in [5.74, 6) is -0.840. The standard InChI is InChI=1S/C25H35BN4O4/c1-17(2)14-21(26-33-24(3,4)25(5,6)34-26)30-22(31)19(15-18-10-8-7-9-11-18)29-23(32)20-16-27-12-13-28-20/h7-13,16-17,19,21H,14-15H2,1-6H3,(H,29,32)(H,30,31)/t19-,21-/m0/s1. The van der Waals surface area contributed by atoms with Crippen molar-refractivity contribution in [2.75, 3.05) is 0 Å². The summed E-state index contributed by atoms with van der Waals surface area (Å²) in [5, 5.41) is 5.93. The van der Waals surface area contributed by atoms with E-state index in [2.05, 4.69) is 34.4 Å². The maximum Gasteiger partial charge on any atom is 0.481 e. The lowest BCUT2D eigenvalue weighted by Gasteiger charge is -2.32. The monoisotopic (exact) mass is 466 g/mol. The van der Waals surface area contributed by atoms with E-state index in [1.165, 1.54) is 18.6 Å². The first-order valence-corrected chi connectivity index (χ1v) is 11.8. The third-order valence-corrected chi connectivity index (χ3v) is 6.35. The van der Waals surface area contributed by atoms with Crippen molar-refractivity contribution in [3.63, 3.8) is 0 Å². The second-order valence-corrected chi connectivity index (χ2v) is 10.2. The fourth-order valence-corrected chi connectivity index (χ4v) is 3.79. The molecule has 1 aliphatic heterocycles. The molecule has 2 amide bonds. The largest absolute Gasteiger partial charge is 0.481 e. The van der Waals surface area contributed by atoms with Gasteiger partial charge in [-0.1, -0.05) is 44.2 Å². The molecule has 2 aromatic rings. The zero-order valence-electron chi connectivity index (χ0n) is 20.9. The molecule has 1 fully saturated rings. The summed E-state index contributed by atoms with van der Waals surface area (Å²) in [6.07, 6.45) is 5.30. The van der Waals surface area contributed by atoms with Crippen molar-refractivity contribution < 1.29 is 18.9 Å². The smallest absolute Gasteiger partial charge is 0.402 e. The van der Waals surface area contributed by atoms with Gasteiger partial charge in [-0.3, -0.25) is 14.6 Å². The van der Waals surface area contributed by atoms with Crippen molar-refractivity contribution in [3.8, 4) is 0 Å². The van der Waals surface area contributed by atoms with Gasteiger partial charge in [0, 0.05) is 18.8 Å². The molecule has 3 rings (SSSR count). The highest BCUT2D eigenvalue weighted by Crippen LogP contribution is 2.38. The quantitative estimate of drug-likeness (QED) is 0.551. The molecule has 182 valence electrons. The number of nitrogens with zero attached hydrogens (tertiary/aromatic N) is 2. The third-order valence-electron chi connectivity index (χ3n) is 6.35. The van der Waals surface area contributed by atoms with Gasteiger partial charge < -0.3 is 19.9 Å². The summed E-state index contributed by atoms with van der Waals surface area (Å²) in [5.41, 5.74) is 0.0545. The number of benzene rings is 1. The molecule has 0 unspecified atom stereocenters. The number of amides is 2. The van der Waals surface area contributed by atoms with Crippen LogP contribution < -0.4 is 10.6 Å². The molecule has 2 heterocycles. The molecule has 34 heavy (non-hydrogen) atoms. The summed E-state index contributed by atoms with van der Waals surface area (Å²) in [7, 11) is -0.593. The molecule has 0 radical (unpaired) electrons. The zero-order chi connectivity index (χ0) is 24.9. The van der Waals surface area contributed by atoms with Gasteiger partial charge in [0.2, 0.25) is 5.91 Å². The Labute approximate surface area is 202 Å². The number of aromatic nitrogens is 2. The predicted octanol–water partition coefficient (Wildman–Crippen LogP) is 2.98. The van der Waals surface area contributed by atoms with E-state index in [0.29, 0.717) is 18.8 Å². The highest BCUT2D eigenvalue weighted by Gasteiger charge is 2.54. The van der Waals surface area contributed by atoms with Crippen LogP contribution in [0.3, 0.4) is 0 Å². The van der Waals surface area contributed by atoms with Crippen LogP contribution in [0.15, 0.2) is 48.9 Å². The second-order valence-electron chi connectivity index (χ2n) is 10.2. The first kappa shape index (κ1) is 25.8. The molecule has 2 atom stereocenters. The molecule has 2 N–H and O–H groups in total. The Bertz CT molecular complexity index is 953. The van der Waals surface area contributed by atoms with Crippen LogP contribution in [0.25, 0.3) is 0 Å². The Kier molecular flexibility index (Phi) is 8.10. The fourth-order valence-electron chi connectivity index (χ4n) is 3.79. The molecule has 1 saturated heterocycles. The average Bonchev–Trinajstić information content (AvgIpc) is 3.00. The normalized spacial score (nSPS) is 18.4. The molecule has 0 aliphatic carbocycles. The Morgan fingerprint density at radius 2 is 1.65 bits per heavy atom. The molecule has 9 heteroatoms. The summed E-state index contributed by atoms with van der Waals surface area (Å²) >= 11 is 0. The van der Waals surface area contributed by atoms with Crippen molar-refractivity contribution in [2.45, 2.75) is 77.6 Å². The second kappa shape index (κ2) is 10.7. The average molecular weight is 466 g/mol. The van der Waals surface area contributed by atoms with Crippen molar-refractivity contribution in [1.82, 2.24) is 20.6 Å². The molecular formula is C25H35BN4O4. The van der Waals surface area contributed by atoms with E-state index < -0.39 is 30.3 Å². The van der Waals surface area contributed by atoms with E-state index in [1.807, 2.05) is 58.0 Å². The fraction of sp³-hybridized carbons (Fsp3) is 0.520. The first-order valence-electron chi connectivity index (χ1n) is 11.8. The Hall–Kier alpha value is -2.78. The van der Waals surface area contributed by atoms with Crippen LogP contribution >= 0.6 is 0 Å². The van der Waals surface area contributed by atoms with Crippen LogP contribution in [-0.2, 0) is 20.5 Å². The van der Waals surface area contributed by atoms with E-state index in [9.17, 15) is 9.59 Å². The first-order chi connectivity index (χ1) is 16.0. The van der Waals surface area contributed by atoms with Gasteiger partial charge in [0.25, 0.3) is 5.91 Å². The van der Waals surface area contributed by atoms with Gasteiger partial charge in [-0.2, -0.15) is 0 Å². The molecule has 0 bridgehead atoms. The highest BCUT2D eigenvalue weighted by atomic mass is 16.7. The minimum absolute atomic E-state index is 0.151. The van der Waals surface area contributed by atoms with Crippen LogP contribution in [0.5, 0.6) is 0 Å². The van der Waals surface area contributed by atoms with Gasteiger partial charge in [-0.25, -0.2) is 4.98 Å². The third kappa shape index (κ3) is 6.42. The lowest BCUT2D eigenvalue weighted by molar-refractivity contribution is -0.123. The van der Waals surface area contributed by atoms with Crippen molar-refractivity contribution in [3.05, 3.63) is 60.2 Å². The van der Waals surface area contributed by atoms with E-state index in [4.69, 9.17) is 9.31 Å². The van der Waals surface area contributed by atoms with Gasteiger partial charge in [0.15, 0.2) is 0 Å². The topological polar surface area (TPSA) is 102 Å². The molecular weight excluding hydrogens is 431 g/mol. The van der Waals surface area contributed by atoms with Crippen LogP contribution in [0.1, 0.15) is 64.0 Å². The Morgan fingerprint density at radius 1 is 1.00 bits per heavy atom. The van der Waals surface area contributed by atoms with Gasteiger partial charge >= 0.3 is 7.12 Å². The van der Waals surface area contributed by atoms with Crippen LogP contribution in [0.2, 0.25) is 0 Å². The highest BCUT2D eigenvalue weighted by molar-refractivity contribution is 6.48. The Morgan fingerprint density at radius 3 is 2.21 bits per heavy atom. The summed E-state index contributed by atoms with van der Waals surface area (Å²) in [4.78, 5) is 34.3. The lowest BCUT2D eigenvalue weighted by atomic mass is 9.74. The van der Waals surface area contributed by atoms with Crippen LogP contribution in [0.4, 0.5) is 0 Å². The van der Waals surface area contributed by atoms with E-state index in [1.54, 1.807) is 0 Å². The van der Waals surface area contributed by atoms with Crippen molar-refractivity contribution in [2.24, 2.45) is 5.92 Å². The zero-order valence-corrected chi connectivity index (χ0v) is 20.9. The van der Waals surface area contributed by atoms with E-state index in [0.717, 1.165) is 5.56 Å². The number of hydrogen-bond acceptors (Lipinski definition) is 6. The SMILES string of the molecule is CC(C)C[C@H](NC(=O)[C@H](Cc1ccccc1)NC(=O)c1cnccn1)B1OC(C)(C)C(C)(C)O1. The molecule has 1 aliphatic rings. The van der Waals surface area contributed by atoms with Gasteiger partial charge in [-0.15, -0.1) is 0 Å². The van der Waals surface area contributed by atoms with E-state index in [-0.39, 0.29) is 17.5 Å². The number of hydrogen-bond donors (Lipinski definition) is 2. The minimum Gasteiger partial charge on any atom is -0.402 e. The summed E-state index contributed by atoms with van der Waals surface area (Å²) < 4.78 is 12.5. The van der Waals surface area contributed by atoms with Gasteiger partial charge in [0.05, 0.1) is 23.3 Å². The maximum atomic E-state index is 13.5. The molecule has 1 aromatic heterocycles. The van der Waals surface area contributed by atoms with Crippen molar-refractivity contribution in [1.29, 1.82) is 0 Å². The molecule has 0 saturated carbocycles. The number of carbonyl (C=O) groups is 2. The molecule has 1 aromatic carbocycles.